The van der Waals surface area contributed by atoms with Crippen molar-refractivity contribution in [2.45, 2.75) is 6.54 Å². The first-order valence-corrected chi connectivity index (χ1v) is 6.16. The molecule has 2 rings (SSSR count). The average Bonchev–Trinajstić information content (AvgIpc) is 2.71. The van der Waals surface area contributed by atoms with Gasteiger partial charge in [-0.3, -0.25) is 5.10 Å². The minimum Gasteiger partial charge on any atom is -0.495 e. The number of aromatic amines is 1. The molecule has 0 amide bonds. The first-order chi connectivity index (χ1) is 8.61. The molecule has 0 saturated heterocycles. The fourth-order valence-corrected chi connectivity index (χ4v) is 2.28. The molecule has 8 heteroatoms. The van der Waals surface area contributed by atoms with E-state index >= 15 is 0 Å². The van der Waals surface area contributed by atoms with Crippen LogP contribution in [0.15, 0.2) is 18.5 Å². The fraction of sp³-hybridized carbons (Fsp3) is 0.200. The zero-order valence-electron chi connectivity index (χ0n) is 9.41. The van der Waals surface area contributed by atoms with Gasteiger partial charge in [0.2, 0.25) is 4.77 Å². The molecule has 0 saturated carbocycles. The highest BCUT2D eigenvalue weighted by Gasteiger charge is 2.09. The summed E-state index contributed by atoms with van der Waals surface area (Å²) in [6.07, 6.45) is 1.54. The summed E-state index contributed by atoms with van der Waals surface area (Å²) in [5.41, 5.74) is 3.89. The smallest absolute Gasteiger partial charge is 0.214 e. The average molecular weight is 305 g/mol. The SMILES string of the molecule is COc1c(Cl)cc(Cl)cc1CNn1cn[nH]c1=S. The molecular weight excluding hydrogens is 295 g/mol. The number of methoxy groups -OCH3 is 1. The number of rotatable bonds is 4. The minimum absolute atomic E-state index is 0.456. The van der Waals surface area contributed by atoms with Crippen LogP contribution in [-0.2, 0) is 6.54 Å². The van der Waals surface area contributed by atoms with Crippen LogP contribution in [0.1, 0.15) is 5.56 Å². The molecule has 2 aromatic rings. The zero-order chi connectivity index (χ0) is 13.1. The van der Waals surface area contributed by atoms with E-state index < -0.39 is 0 Å². The number of benzene rings is 1. The number of hydrogen-bond donors (Lipinski definition) is 2. The molecule has 1 heterocycles. The third-order valence-electron chi connectivity index (χ3n) is 2.28. The predicted molar refractivity (Wildman–Crippen MR) is 73.5 cm³/mol. The maximum absolute atomic E-state index is 6.04. The maximum Gasteiger partial charge on any atom is 0.214 e. The number of aromatic nitrogens is 3. The Kier molecular flexibility index (Phi) is 4.11. The van der Waals surface area contributed by atoms with E-state index in [1.807, 2.05) is 0 Å². The Labute approximate surface area is 119 Å². The lowest BCUT2D eigenvalue weighted by molar-refractivity contribution is 0.410. The van der Waals surface area contributed by atoms with Crippen molar-refractivity contribution in [1.29, 1.82) is 0 Å². The summed E-state index contributed by atoms with van der Waals surface area (Å²) in [6.45, 7) is 0.456. The topological polar surface area (TPSA) is 54.9 Å². The summed E-state index contributed by atoms with van der Waals surface area (Å²) in [6, 6.07) is 3.41. The van der Waals surface area contributed by atoms with Crippen LogP contribution in [0.5, 0.6) is 5.75 Å². The molecule has 0 atom stereocenters. The molecule has 0 radical (unpaired) electrons. The number of halogens is 2. The minimum atomic E-state index is 0.456. The Bertz CT molecular complexity index is 610. The lowest BCUT2D eigenvalue weighted by Gasteiger charge is -2.12. The number of nitrogens with zero attached hydrogens (tertiary/aromatic N) is 2. The van der Waals surface area contributed by atoms with Gasteiger partial charge in [0.1, 0.15) is 12.1 Å². The summed E-state index contributed by atoms with van der Waals surface area (Å²) in [4.78, 5) is 0. The highest BCUT2D eigenvalue weighted by Crippen LogP contribution is 2.32. The van der Waals surface area contributed by atoms with Crippen LogP contribution < -0.4 is 10.2 Å². The molecule has 0 fully saturated rings. The van der Waals surface area contributed by atoms with Crippen molar-refractivity contribution in [2.75, 3.05) is 12.5 Å². The Balaban J connectivity index is 2.23. The molecular formula is C10H10Cl2N4OS. The van der Waals surface area contributed by atoms with Gasteiger partial charge in [0.05, 0.1) is 18.7 Å². The Morgan fingerprint density at radius 3 is 2.89 bits per heavy atom. The summed E-state index contributed by atoms with van der Waals surface area (Å²) < 4.78 is 7.30. The van der Waals surface area contributed by atoms with Crippen molar-refractivity contribution >= 4 is 35.4 Å². The van der Waals surface area contributed by atoms with Crippen molar-refractivity contribution < 1.29 is 4.74 Å². The molecule has 1 aromatic heterocycles. The number of H-pyrrole nitrogens is 1. The van der Waals surface area contributed by atoms with Crippen molar-refractivity contribution in [3.8, 4) is 5.75 Å². The molecule has 96 valence electrons. The maximum atomic E-state index is 6.04. The van der Waals surface area contributed by atoms with Gasteiger partial charge < -0.3 is 10.2 Å². The molecule has 0 unspecified atom stereocenters. The van der Waals surface area contributed by atoms with Gasteiger partial charge >= 0.3 is 0 Å². The van der Waals surface area contributed by atoms with E-state index in [9.17, 15) is 0 Å². The van der Waals surface area contributed by atoms with Gasteiger partial charge in [-0.15, -0.1) is 0 Å². The van der Waals surface area contributed by atoms with Gasteiger partial charge in [0.15, 0.2) is 0 Å². The number of nitrogens with one attached hydrogen (secondary N) is 2. The number of hydrogen-bond acceptors (Lipinski definition) is 4. The van der Waals surface area contributed by atoms with Gasteiger partial charge in [-0.1, -0.05) is 23.2 Å². The Morgan fingerprint density at radius 1 is 1.50 bits per heavy atom. The molecule has 0 aliphatic carbocycles. The third-order valence-corrected chi connectivity index (χ3v) is 3.07. The van der Waals surface area contributed by atoms with Crippen molar-refractivity contribution in [2.24, 2.45) is 0 Å². The van der Waals surface area contributed by atoms with E-state index in [4.69, 9.17) is 40.2 Å². The van der Waals surface area contributed by atoms with Crippen LogP contribution in [0, 0.1) is 4.77 Å². The van der Waals surface area contributed by atoms with Crippen LogP contribution >= 0.6 is 35.4 Å². The first-order valence-electron chi connectivity index (χ1n) is 4.99. The van der Waals surface area contributed by atoms with Gasteiger partial charge in [0.25, 0.3) is 0 Å². The van der Waals surface area contributed by atoms with Crippen LogP contribution in [0.4, 0.5) is 0 Å². The van der Waals surface area contributed by atoms with Gasteiger partial charge in [-0.2, -0.15) is 5.10 Å². The lowest BCUT2D eigenvalue weighted by atomic mass is 10.2. The largest absolute Gasteiger partial charge is 0.495 e. The van der Waals surface area contributed by atoms with Crippen molar-refractivity contribution in [3.05, 3.63) is 38.8 Å². The quantitative estimate of drug-likeness (QED) is 0.853. The third kappa shape index (κ3) is 2.77. The van der Waals surface area contributed by atoms with Gasteiger partial charge in [0, 0.05) is 10.6 Å². The highest BCUT2D eigenvalue weighted by molar-refractivity contribution is 7.71. The molecule has 18 heavy (non-hydrogen) atoms. The van der Waals surface area contributed by atoms with E-state index in [-0.39, 0.29) is 0 Å². The predicted octanol–water partition coefficient (Wildman–Crippen LogP) is 3.00. The molecule has 1 aromatic carbocycles. The van der Waals surface area contributed by atoms with Crippen LogP contribution in [0.3, 0.4) is 0 Å². The second-order valence-corrected chi connectivity index (χ2v) is 4.68. The van der Waals surface area contributed by atoms with Gasteiger partial charge in [-0.25, -0.2) is 4.68 Å². The Hall–Kier alpha value is -1.24. The normalized spacial score (nSPS) is 10.4. The Morgan fingerprint density at radius 2 is 2.28 bits per heavy atom. The van der Waals surface area contributed by atoms with Gasteiger partial charge in [-0.05, 0) is 24.4 Å². The lowest BCUT2D eigenvalue weighted by Crippen LogP contribution is -2.14. The summed E-state index contributed by atoms with van der Waals surface area (Å²) >= 11 is 17.0. The van der Waals surface area contributed by atoms with E-state index in [1.165, 1.54) is 0 Å². The standard InChI is InChI=1S/C10H10Cl2N4OS/c1-17-9-6(2-7(11)3-8(9)12)4-14-16-5-13-15-10(16)18/h2-3,5,14H,4H2,1H3,(H,15,18). The molecule has 0 bridgehead atoms. The summed E-state index contributed by atoms with van der Waals surface area (Å²) in [5, 5.41) is 7.46. The van der Waals surface area contributed by atoms with E-state index in [0.29, 0.717) is 27.1 Å². The molecule has 5 nitrogen and oxygen atoms in total. The monoisotopic (exact) mass is 304 g/mol. The van der Waals surface area contributed by atoms with Crippen molar-refractivity contribution in [1.82, 2.24) is 14.9 Å². The van der Waals surface area contributed by atoms with Crippen LogP contribution in [0.25, 0.3) is 0 Å². The van der Waals surface area contributed by atoms with Crippen LogP contribution in [0.2, 0.25) is 10.0 Å². The first kappa shape index (κ1) is 13.2. The summed E-state index contributed by atoms with van der Waals surface area (Å²) in [5.74, 6) is 0.587. The van der Waals surface area contributed by atoms with E-state index in [1.54, 1.807) is 30.2 Å². The molecule has 0 spiro atoms. The number of ether oxygens (including phenoxy) is 1. The van der Waals surface area contributed by atoms with E-state index in [0.717, 1.165) is 5.56 Å². The second-order valence-electron chi connectivity index (χ2n) is 3.45. The highest BCUT2D eigenvalue weighted by atomic mass is 35.5. The fourth-order valence-electron chi connectivity index (χ4n) is 1.50. The zero-order valence-corrected chi connectivity index (χ0v) is 11.7. The second kappa shape index (κ2) is 5.60. The molecule has 2 N–H and O–H groups in total. The molecule has 0 aliphatic rings. The summed E-state index contributed by atoms with van der Waals surface area (Å²) in [7, 11) is 1.56. The molecule has 0 aliphatic heterocycles. The van der Waals surface area contributed by atoms with Crippen LogP contribution in [-0.4, -0.2) is 22.0 Å². The van der Waals surface area contributed by atoms with E-state index in [2.05, 4.69) is 15.6 Å². The van der Waals surface area contributed by atoms with Crippen molar-refractivity contribution in [3.63, 3.8) is 0 Å².